The van der Waals surface area contributed by atoms with Gasteiger partial charge in [0.25, 0.3) is 0 Å². The Labute approximate surface area is 393 Å². The zero-order chi connectivity index (χ0) is 44.7. The number of anilines is 3. The first kappa shape index (κ1) is 38.3. The molecule has 0 aliphatic rings. The van der Waals surface area contributed by atoms with E-state index in [0.29, 0.717) is 0 Å². The molecule has 1 aromatic heterocycles. The van der Waals surface area contributed by atoms with Crippen molar-refractivity contribution in [2.75, 3.05) is 4.90 Å². The first-order valence-corrected chi connectivity index (χ1v) is 23.5. The summed E-state index contributed by atoms with van der Waals surface area (Å²) in [7, 11) is 0. The number of fused-ring (bicyclic) bond motifs is 15. The smallest absolute Gasteiger partial charge is 0.0709 e. The van der Waals surface area contributed by atoms with Crippen molar-refractivity contribution in [2.24, 2.45) is 0 Å². The van der Waals surface area contributed by atoms with Crippen LogP contribution >= 0.6 is 0 Å². The summed E-state index contributed by atoms with van der Waals surface area (Å²) in [6.45, 7) is 0. The number of rotatable bonds is 6. The van der Waals surface area contributed by atoms with E-state index in [2.05, 4.69) is 264 Å². The lowest BCUT2D eigenvalue weighted by molar-refractivity contribution is 1.16. The van der Waals surface area contributed by atoms with Crippen molar-refractivity contribution in [1.29, 1.82) is 0 Å². The van der Waals surface area contributed by atoms with Crippen LogP contribution in [0.2, 0.25) is 0 Å². The van der Waals surface area contributed by atoms with Gasteiger partial charge in [0.05, 0.1) is 22.4 Å². The molecule has 68 heavy (non-hydrogen) atoms. The Morgan fingerprint density at radius 2 is 0.544 bits per heavy atom. The van der Waals surface area contributed by atoms with E-state index in [1.807, 2.05) is 0 Å². The van der Waals surface area contributed by atoms with Crippen LogP contribution < -0.4 is 4.90 Å². The average molecular weight is 863 g/mol. The van der Waals surface area contributed by atoms with Crippen LogP contribution in [0.25, 0.3) is 114 Å². The van der Waals surface area contributed by atoms with Crippen molar-refractivity contribution >= 4 is 104 Å². The van der Waals surface area contributed by atoms with E-state index in [1.165, 1.54) is 109 Å². The standard InChI is InChI=1S/C66H42N2/c1-2-16-43(17-3-1)44-30-35-47(36-31-44)67(48-37-32-45(33-38-48)46-34-39-57-53-22-5-4-18-49(53)50-19-6-9-23-54(50)60(57)40-46)65-41-61-55-24-10-7-20-51(55)52-21-8-11-25-56(52)62(61)42-66(65)68-63-28-14-12-26-58(63)59-27-13-15-29-64(59)68/h1-42H. The first-order valence-electron chi connectivity index (χ1n) is 23.5. The third-order valence-corrected chi connectivity index (χ3v) is 14.3. The fourth-order valence-corrected chi connectivity index (χ4v) is 11.2. The molecule has 0 aliphatic heterocycles. The minimum Gasteiger partial charge on any atom is -0.308 e. The van der Waals surface area contributed by atoms with Gasteiger partial charge < -0.3 is 9.47 Å². The number of para-hydroxylation sites is 2. The maximum Gasteiger partial charge on any atom is 0.0709 e. The number of benzene rings is 13. The van der Waals surface area contributed by atoms with Gasteiger partial charge in [-0.05, 0) is 141 Å². The van der Waals surface area contributed by atoms with Crippen LogP contribution in [-0.2, 0) is 0 Å². The van der Waals surface area contributed by atoms with E-state index >= 15 is 0 Å². The van der Waals surface area contributed by atoms with E-state index in [9.17, 15) is 0 Å². The SMILES string of the molecule is c1ccc(-c2ccc(N(c3ccc(-c4ccc5c6ccccc6c6ccccc6c5c4)cc3)c3cc4c5ccccc5c5ccccc5c4cc3-n3c4ccccc4c4ccccc43)cc2)cc1. The zero-order valence-electron chi connectivity index (χ0n) is 37.1. The van der Waals surface area contributed by atoms with Crippen LogP contribution in [-0.4, -0.2) is 4.57 Å². The van der Waals surface area contributed by atoms with Crippen molar-refractivity contribution in [3.05, 3.63) is 255 Å². The molecule has 0 bridgehead atoms. The Kier molecular flexibility index (Phi) is 8.62. The van der Waals surface area contributed by atoms with Gasteiger partial charge in [0.1, 0.15) is 0 Å². The van der Waals surface area contributed by atoms with Crippen molar-refractivity contribution in [1.82, 2.24) is 4.57 Å². The highest BCUT2D eigenvalue weighted by Gasteiger charge is 2.24. The molecule has 2 nitrogen and oxygen atoms in total. The number of hydrogen-bond acceptors (Lipinski definition) is 1. The molecule has 14 aromatic rings. The van der Waals surface area contributed by atoms with E-state index in [4.69, 9.17) is 0 Å². The Bertz CT molecular complexity index is 4210. The van der Waals surface area contributed by atoms with Crippen molar-refractivity contribution in [3.8, 4) is 27.9 Å². The van der Waals surface area contributed by atoms with Crippen LogP contribution in [0.5, 0.6) is 0 Å². The molecule has 0 N–H and O–H groups in total. The summed E-state index contributed by atoms with van der Waals surface area (Å²) in [6.07, 6.45) is 0. The van der Waals surface area contributed by atoms with Gasteiger partial charge in [-0.2, -0.15) is 0 Å². The second-order valence-electron chi connectivity index (χ2n) is 18.0. The molecule has 0 fully saturated rings. The molecule has 2 heteroatoms. The van der Waals surface area contributed by atoms with Crippen molar-refractivity contribution < 1.29 is 0 Å². The largest absolute Gasteiger partial charge is 0.308 e. The third kappa shape index (κ3) is 5.91. The molecule has 14 rings (SSSR count). The molecular formula is C66H42N2. The maximum absolute atomic E-state index is 2.49. The number of nitrogens with zero attached hydrogens (tertiary/aromatic N) is 2. The van der Waals surface area contributed by atoms with Gasteiger partial charge >= 0.3 is 0 Å². The minimum atomic E-state index is 1.07. The molecule has 0 saturated carbocycles. The van der Waals surface area contributed by atoms with E-state index in [-0.39, 0.29) is 0 Å². The van der Waals surface area contributed by atoms with Crippen LogP contribution in [0.3, 0.4) is 0 Å². The van der Waals surface area contributed by atoms with Gasteiger partial charge in [0.2, 0.25) is 0 Å². The fraction of sp³-hybridized carbons (Fsp3) is 0. The lowest BCUT2D eigenvalue weighted by atomic mass is 9.92. The molecule has 0 saturated heterocycles. The summed E-state index contributed by atoms with van der Waals surface area (Å²) in [5.74, 6) is 0. The van der Waals surface area contributed by atoms with Crippen molar-refractivity contribution in [3.63, 3.8) is 0 Å². The normalized spacial score (nSPS) is 11.8. The molecule has 1 heterocycles. The predicted molar refractivity (Wildman–Crippen MR) is 291 cm³/mol. The highest BCUT2D eigenvalue weighted by molar-refractivity contribution is 6.27. The minimum absolute atomic E-state index is 1.07. The van der Waals surface area contributed by atoms with Gasteiger partial charge in [-0.1, -0.05) is 200 Å². The predicted octanol–water partition coefficient (Wildman–Crippen LogP) is 18.5. The zero-order valence-corrected chi connectivity index (χ0v) is 37.1. The monoisotopic (exact) mass is 862 g/mol. The molecule has 0 unspecified atom stereocenters. The lowest BCUT2D eigenvalue weighted by Crippen LogP contribution is -2.13. The average Bonchev–Trinajstić information content (AvgIpc) is 3.75. The summed E-state index contributed by atoms with van der Waals surface area (Å²) in [6, 6.07) is 94.0. The van der Waals surface area contributed by atoms with Gasteiger partial charge in [0.15, 0.2) is 0 Å². The van der Waals surface area contributed by atoms with E-state index in [0.717, 1.165) is 22.7 Å². The Hall–Kier alpha value is -8.98. The van der Waals surface area contributed by atoms with E-state index in [1.54, 1.807) is 0 Å². The fourth-order valence-electron chi connectivity index (χ4n) is 11.2. The Morgan fingerprint density at radius 3 is 1.01 bits per heavy atom. The highest BCUT2D eigenvalue weighted by Crippen LogP contribution is 2.47. The molecule has 0 amide bonds. The number of aromatic nitrogens is 1. The summed E-state index contributed by atoms with van der Waals surface area (Å²) < 4.78 is 2.49. The topological polar surface area (TPSA) is 8.17 Å². The maximum atomic E-state index is 2.49. The summed E-state index contributed by atoms with van der Waals surface area (Å²) in [5.41, 5.74) is 11.4. The van der Waals surface area contributed by atoms with Crippen LogP contribution in [0.15, 0.2) is 255 Å². The molecular weight excluding hydrogens is 821 g/mol. The second kappa shape index (κ2) is 15.3. The molecule has 0 aliphatic carbocycles. The van der Waals surface area contributed by atoms with Crippen molar-refractivity contribution in [2.45, 2.75) is 0 Å². The van der Waals surface area contributed by atoms with Gasteiger partial charge in [-0.25, -0.2) is 0 Å². The third-order valence-electron chi connectivity index (χ3n) is 14.3. The van der Waals surface area contributed by atoms with Crippen LogP contribution in [0.4, 0.5) is 17.1 Å². The molecule has 0 spiro atoms. The van der Waals surface area contributed by atoms with Gasteiger partial charge in [0, 0.05) is 22.1 Å². The molecule has 0 atom stereocenters. The van der Waals surface area contributed by atoms with Crippen LogP contribution in [0.1, 0.15) is 0 Å². The first-order chi connectivity index (χ1) is 33.7. The number of hydrogen-bond donors (Lipinski definition) is 0. The Morgan fingerprint density at radius 1 is 0.221 bits per heavy atom. The highest BCUT2D eigenvalue weighted by atomic mass is 15.2. The lowest BCUT2D eigenvalue weighted by Gasteiger charge is -2.30. The summed E-state index contributed by atoms with van der Waals surface area (Å²) in [4.78, 5) is 2.47. The molecule has 13 aromatic carbocycles. The quantitative estimate of drug-likeness (QED) is 0.151. The molecule has 0 radical (unpaired) electrons. The van der Waals surface area contributed by atoms with E-state index < -0.39 is 0 Å². The summed E-state index contributed by atoms with van der Waals surface area (Å²) >= 11 is 0. The van der Waals surface area contributed by atoms with Crippen LogP contribution in [0, 0.1) is 0 Å². The Balaban J connectivity index is 1.03. The van der Waals surface area contributed by atoms with Gasteiger partial charge in [-0.3, -0.25) is 0 Å². The van der Waals surface area contributed by atoms with Gasteiger partial charge in [-0.15, -0.1) is 0 Å². The second-order valence-corrected chi connectivity index (χ2v) is 18.0. The summed E-state index contributed by atoms with van der Waals surface area (Å²) in [5, 5.41) is 17.6. The molecule has 316 valence electrons.